The number of halogens is 3. The van der Waals surface area contributed by atoms with Crippen LogP contribution < -0.4 is 16.6 Å². The Bertz CT molecular complexity index is 1030. The predicted octanol–water partition coefficient (Wildman–Crippen LogP) is 5.24. The summed E-state index contributed by atoms with van der Waals surface area (Å²) < 4.78 is 40.6. The van der Waals surface area contributed by atoms with Crippen LogP contribution >= 0.6 is 0 Å². The van der Waals surface area contributed by atoms with Gasteiger partial charge in [-0.15, -0.1) is 0 Å². The number of Topliss-reactive ketones (excluding diaryl/α,β-unsaturated/α-hetero) is 1. The van der Waals surface area contributed by atoms with Crippen LogP contribution in [0.3, 0.4) is 0 Å². The zero-order valence-corrected chi connectivity index (χ0v) is 19.2. The summed E-state index contributed by atoms with van der Waals surface area (Å²) in [5, 5.41) is 3.26. The molecule has 0 aliphatic heterocycles. The number of imidazole rings is 1. The van der Waals surface area contributed by atoms with Gasteiger partial charge in [-0.3, -0.25) is 20.5 Å². The van der Waals surface area contributed by atoms with Crippen molar-refractivity contribution in [2.75, 3.05) is 11.9 Å². The third kappa shape index (κ3) is 7.03. The molecule has 3 rings (SSSR count). The number of alkyl halides is 3. The van der Waals surface area contributed by atoms with E-state index in [0.717, 1.165) is 18.2 Å². The Kier molecular flexibility index (Phi) is 9.87. The predicted molar refractivity (Wildman–Crippen MR) is 125 cm³/mol. The van der Waals surface area contributed by atoms with Crippen molar-refractivity contribution in [1.82, 2.24) is 14.8 Å². The first-order valence-electron chi connectivity index (χ1n) is 11.2. The highest BCUT2D eigenvalue weighted by Gasteiger charge is 2.34. The third-order valence-corrected chi connectivity index (χ3v) is 5.19. The minimum Gasteiger partial charge on any atom is -0.368 e. The first-order chi connectivity index (χ1) is 15.8. The van der Waals surface area contributed by atoms with Gasteiger partial charge in [0.1, 0.15) is 11.5 Å². The van der Waals surface area contributed by atoms with Crippen LogP contribution in [-0.2, 0) is 12.6 Å². The van der Waals surface area contributed by atoms with Crippen LogP contribution in [0.15, 0.2) is 48.7 Å². The van der Waals surface area contributed by atoms with Crippen molar-refractivity contribution >= 4 is 17.2 Å². The van der Waals surface area contributed by atoms with Crippen LogP contribution in [0.5, 0.6) is 0 Å². The van der Waals surface area contributed by atoms with Crippen molar-refractivity contribution < 1.29 is 18.0 Å². The van der Waals surface area contributed by atoms with Gasteiger partial charge < -0.3 is 5.32 Å². The number of benzene rings is 1. The number of nitrogens with two attached hydrogens (primary N) is 1. The minimum absolute atomic E-state index is 0.0464. The van der Waals surface area contributed by atoms with Crippen molar-refractivity contribution in [3.63, 3.8) is 0 Å². The number of fused-ring (bicyclic) bond motifs is 1. The molecule has 0 saturated carbocycles. The second-order valence-electron chi connectivity index (χ2n) is 7.32. The average molecular weight is 464 g/mol. The lowest BCUT2D eigenvalue weighted by molar-refractivity contribution is -0.140. The summed E-state index contributed by atoms with van der Waals surface area (Å²) in [6.45, 7) is 6.50. The van der Waals surface area contributed by atoms with Gasteiger partial charge in [0, 0.05) is 30.8 Å². The highest BCUT2D eigenvalue weighted by atomic mass is 19.4. The van der Waals surface area contributed by atoms with Gasteiger partial charge in [-0.25, -0.2) is 4.98 Å². The molecular formula is C24H32F3N5O. The number of carbonyl (C=O) groups excluding carboxylic acids is 1. The number of anilines is 1. The summed E-state index contributed by atoms with van der Waals surface area (Å²) in [4.78, 5) is 16.4. The largest absolute Gasteiger partial charge is 0.434 e. The smallest absolute Gasteiger partial charge is 0.368 e. The van der Waals surface area contributed by atoms with E-state index in [2.05, 4.69) is 15.7 Å². The molecule has 2 heterocycles. The Hall–Kier alpha value is -2.91. The zero-order chi connectivity index (χ0) is 24.4. The average Bonchev–Trinajstić information content (AvgIpc) is 3.28. The maximum atomic E-state index is 13.1. The molecule has 1 aromatic carbocycles. The molecule has 2 aromatic heterocycles. The van der Waals surface area contributed by atoms with Gasteiger partial charge in [-0.2, -0.15) is 13.2 Å². The number of nitrogens with zero attached hydrogens (tertiary/aromatic N) is 2. The van der Waals surface area contributed by atoms with E-state index in [0.29, 0.717) is 37.2 Å². The topological polar surface area (TPSA) is 84.5 Å². The van der Waals surface area contributed by atoms with Crippen molar-refractivity contribution in [1.29, 1.82) is 0 Å². The Balaban J connectivity index is 0.00000187. The molecule has 0 spiro atoms. The Labute approximate surface area is 192 Å². The van der Waals surface area contributed by atoms with Crippen molar-refractivity contribution in [2.45, 2.75) is 58.7 Å². The van der Waals surface area contributed by atoms with Gasteiger partial charge in [0.25, 0.3) is 0 Å². The second-order valence-corrected chi connectivity index (χ2v) is 7.32. The summed E-state index contributed by atoms with van der Waals surface area (Å²) in [5.74, 6) is 5.93. The number of carbonyl (C=O) groups is 1. The van der Waals surface area contributed by atoms with E-state index < -0.39 is 11.9 Å². The van der Waals surface area contributed by atoms with Crippen LogP contribution in [0.1, 0.15) is 61.6 Å². The fourth-order valence-corrected chi connectivity index (χ4v) is 3.56. The van der Waals surface area contributed by atoms with Crippen molar-refractivity contribution in [2.24, 2.45) is 5.84 Å². The molecule has 9 heteroatoms. The molecule has 0 aliphatic carbocycles. The number of aryl methyl sites for hydroxylation is 1. The molecule has 0 amide bonds. The molecular weight excluding hydrogens is 431 g/mol. The fourth-order valence-electron chi connectivity index (χ4n) is 3.56. The lowest BCUT2D eigenvalue weighted by atomic mass is 9.97. The van der Waals surface area contributed by atoms with Crippen LogP contribution in [0.25, 0.3) is 5.65 Å². The van der Waals surface area contributed by atoms with Crippen molar-refractivity contribution in [3.8, 4) is 0 Å². The first kappa shape index (κ1) is 26.3. The molecule has 0 saturated heterocycles. The van der Waals surface area contributed by atoms with Gasteiger partial charge >= 0.3 is 6.18 Å². The molecule has 6 nitrogen and oxygen atoms in total. The number of rotatable bonds is 10. The fraction of sp³-hybridized carbons (Fsp3) is 0.417. The molecule has 33 heavy (non-hydrogen) atoms. The summed E-state index contributed by atoms with van der Waals surface area (Å²) in [7, 11) is 0. The summed E-state index contributed by atoms with van der Waals surface area (Å²) in [5.41, 5.74) is 3.55. The van der Waals surface area contributed by atoms with E-state index in [1.807, 2.05) is 45.0 Å². The van der Waals surface area contributed by atoms with Crippen LogP contribution in [0, 0.1) is 0 Å². The Morgan fingerprint density at radius 2 is 1.85 bits per heavy atom. The lowest BCUT2D eigenvalue weighted by Gasteiger charge is -2.20. The molecule has 180 valence electrons. The Morgan fingerprint density at radius 1 is 1.12 bits per heavy atom. The van der Waals surface area contributed by atoms with E-state index in [9.17, 15) is 18.0 Å². The Morgan fingerprint density at radius 3 is 2.52 bits per heavy atom. The quantitative estimate of drug-likeness (QED) is 0.218. The molecule has 4 N–H and O–H groups in total. The zero-order valence-electron chi connectivity index (χ0n) is 19.2. The van der Waals surface area contributed by atoms with Gasteiger partial charge in [0.15, 0.2) is 11.5 Å². The maximum absolute atomic E-state index is 13.1. The summed E-state index contributed by atoms with van der Waals surface area (Å²) in [6.07, 6.45) is -1.37. The van der Waals surface area contributed by atoms with E-state index in [1.54, 1.807) is 12.1 Å². The summed E-state index contributed by atoms with van der Waals surface area (Å²) >= 11 is 0. The molecule has 0 fully saturated rings. The van der Waals surface area contributed by atoms with E-state index in [-0.39, 0.29) is 17.5 Å². The molecule has 0 radical (unpaired) electrons. The van der Waals surface area contributed by atoms with Crippen molar-refractivity contribution in [3.05, 3.63) is 65.5 Å². The van der Waals surface area contributed by atoms with Gasteiger partial charge in [0.2, 0.25) is 0 Å². The standard InChI is InChI=1S/C22H26F3N5O.C2H6/c1-2-15-6-3-4-7-17(15)18(31)11-10-16(12-13-27-26)28-20-8-5-9-21-29-19(14-30(20)21)22(23,24)25;1-2/h3-9,14,16,27-28H,2,10-13,26H2,1H3;1-2H3. The van der Waals surface area contributed by atoms with Crippen LogP contribution in [0.4, 0.5) is 19.0 Å². The van der Waals surface area contributed by atoms with Gasteiger partial charge in [0.05, 0.1) is 0 Å². The monoisotopic (exact) mass is 463 g/mol. The minimum atomic E-state index is -4.52. The molecule has 0 bridgehead atoms. The molecule has 0 aliphatic rings. The van der Waals surface area contributed by atoms with E-state index >= 15 is 0 Å². The number of nitrogens with one attached hydrogen (secondary N) is 2. The number of pyridine rings is 1. The maximum Gasteiger partial charge on any atom is 0.434 e. The highest BCUT2D eigenvalue weighted by Crippen LogP contribution is 2.29. The highest BCUT2D eigenvalue weighted by molar-refractivity contribution is 5.97. The lowest BCUT2D eigenvalue weighted by Crippen LogP contribution is -2.30. The number of ketones is 1. The molecule has 3 aromatic rings. The SMILES string of the molecule is CC.CCc1ccccc1C(=O)CCC(CCNN)Nc1cccc2nc(C(F)(F)F)cn12. The third-order valence-electron chi connectivity index (χ3n) is 5.19. The van der Waals surface area contributed by atoms with E-state index in [1.165, 1.54) is 10.5 Å². The molecule has 1 atom stereocenters. The number of aromatic nitrogens is 2. The van der Waals surface area contributed by atoms with Crippen LogP contribution in [-0.4, -0.2) is 27.8 Å². The summed E-state index contributed by atoms with van der Waals surface area (Å²) in [6, 6.07) is 12.2. The second kappa shape index (κ2) is 12.4. The van der Waals surface area contributed by atoms with Crippen LogP contribution in [0.2, 0.25) is 0 Å². The number of hydrogen-bond acceptors (Lipinski definition) is 5. The van der Waals surface area contributed by atoms with Gasteiger partial charge in [-0.05, 0) is 37.0 Å². The molecule has 1 unspecified atom stereocenters. The number of hydrazine groups is 1. The first-order valence-corrected chi connectivity index (χ1v) is 11.2. The van der Waals surface area contributed by atoms with Gasteiger partial charge in [-0.1, -0.05) is 51.1 Å². The normalized spacial score (nSPS) is 12.2. The van der Waals surface area contributed by atoms with E-state index in [4.69, 9.17) is 5.84 Å². The number of hydrogen-bond donors (Lipinski definition) is 3.